The Kier molecular flexibility index (Phi) is 8.87. The van der Waals surface area contributed by atoms with Gasteiger partial charge < -0.3 is 4.90 Å². The molecule has 0 unspecified atom stereocenters. The molecule has 3 aliphatic rings. The Hall–Kier alpha value is -5.05. The van der Waals surface area contributed by atoms with E-state index in [2.05, 4.69) is 236 Å². The van der Waals surface area contributed by atoms with E-state index in [1.807, 2.05) is 22.7 Å². The fourth-order valence-corrected chi connectivity index (χ4v) is 21.0. The fourth-order valence-electron chi connectivity index (χ4n) is 11.9. The van der Waals surface area contributed by atoms with Crippen LogP contribution >= 0.6 is 22.7 Å². The summed E-state index contributed by atoms with van der Waals surface area (Å²) in [6.45, 7) is 24.1. The molecule has 6 aromatic carbocycles. The van der Waals surface area contributed by atoms with Gasteiger partial charge in [-0.25, -0.2) is 0 Å². The number of thiophene rings is 2. The lowest BCUT2D eigenvalue weighted by atomic mass is 9.55. The standard InChI is InChI=1S/C58H57NS2Si2/c1-55(2,3)38-27-31-40(32-28-38)59(41-33-29-39(30-34-41)56(4,5)6)52-37-47-54(61-52)57(42-19-11-15-23-48(42)62(7,8)49-24-16-12-20-43(49)57)46-35-36-60-53(46)58(47)44-21-13-17-25-50(44)63(9,10)51-26-18-14-22-45(51)58/h11-37H,1-10H3. The number of anilines is 3. The molecule has 0 N–H and O–H groups in total. The third kappa shape index (κ3) is 5.49. The highest BCUT2D eigenvalue weighted by Gasteiger charge is 2.62. The van der Waals surface area contributed by atoms with Gasteiger partial charge >= 0.3 is 0 Å². The maximum absolute atomic E-state index is 2.65. The Morgan fingerprint density at radius 3 is 1.16 bits per heavy atom. The zero-order valence-corrected chi connectivity index (χ0v) is 42.0. The van der Waals surface area contributed by atoms with Gasteiger partial charge in [0, 0.05) is 21.1 Å². The molecule has 2 aromatic heterocycles. The highest BCUT2D eigenvalue weighted by atomic mass is 32.1. The average molecular weight is 888 g/mol. The molecular formula is C58H57NS2Si2. The van der Waals surface area contributed by atoms with Crippen molar-refractivity contribution in [1.29, 1.82) is 0 Å². The van der Waals surface area contributed by atoms with E-state index in [1.54, 1.807) is 20.7 Å². The number of hydrogen-bond acceptors (Lipinski definition) is 3. The van der Waals surface area contributed by atoms with E-state index in [0.29, 0.717) is 0 Å². The van der Waals surface area contributed by atoms with Gasteiger partial charge in [-0.3, -0.25) is 0 Å². The van der Waals surface area contributed by atoms with Crippen molar-refractivity contribution in [3.63, 3.8) is 0 Å². The minimum Gasteiger partial charge on any atom is -0.302 e. The zero-order valence-electron chi connectivity index (χ0n) is 38.4. The highest BCUT2D eigenvalue weighted by Crippen LogP contribution is 2.65. The molecule has 0 atom stereocenters. The highest BCUT2D eigenvalue weighted by molar-refractivity contribution is 7.17. The van der Waals surface area contributed by atoms with Gasteiger partial charge in [-0.15, -0.1) is 22.7 Å². The molecule has 0 fully saturated rings. The largest absolute Gasteiger partial charge is 0.302 e. The van der Waals surface area contributed by atoms with Crippen LogP contribution in [-0.2, 0) is 21.7 Å². The smallest absolute Gasteiger partial charge is 0.113 e. The van der Waals surface area contributed by atoms with Crippen molar-refractivity contribution in [2.45, 2.75) is 89.4 Å². The molecule has 314 valence electrons. The predicted octanol–water partition coefficient (Wildman–Crippen LogP) is 13.2. The summed E-state index contributed by atoms with van der Waals surface area (Å²) in [6.07, 6.45) is 0. The lowest BCUT2D eigenvalue weighted by molar-refractivity contribution is 0.590. The number of hydrogen-bond donors (Lipinski definition) is 0. The predicted molar refractivity (Wildman–Crippen MR) is 278 cm³/mol. The molecule has 4 heterocycles. The van der Waals surface area contributed by atoms with Gasteiger partial charge in [-0.1, -0.05) is 189 Å². The summed E-state index contributed by atoms with van der Waals surface area (Å²) < 4.78 is 0. The van der Waals surface area contributed by atoms with Crippen LogP contribution in [0.3, 0.4) is 0 Å². The molecule has 11 rings (SSSR count). The minimum absolute atomic E-state index is 0.0492. The van der Waals surface area contributed by atoms with Crippen molar-refractivity contribution in [3.05, 3.63) is 217 Å². The Morgan fingerprint density at radius 1 is 0.413 bits per heavy atom. The van der Waals surface area contributed by atoms with Crippen LogP contribution in [0, 0.1) is 0 Å². The van der Waals surface area contributed by atoms with E-state index in [4.69, 9.17) is 0 Å². The molecule has 0 bridgehead atoms. The van der Waals surface area contributed by atoms with Crippen LogP contribution in [0.4, 0.5) is 16.4 Å². The van der Waals surface area contributed by atoms with Gasteiger partial charge in [0.2, 0.25) is 0 Å². The maximum atomic E-state index is 2.65. The van der Waals surface area contributed by atoms with Crippen molar-refractivity contribution in [1.82, 2.24) is 0 Å². The van der Waals surface area contributed by atoms with Gasteiger partial charge in [0.1, 0.15) is 21.1 Å². The van der Waals surface area contributed by atoms with E-state index in [1.165, 1.54) is 70.6 Å². The van der Waals surface area contributed by atoms with Gasteiger partial charge in [0.25, 0.3) is 0 Å². The van der Waals surface area contributed by atoms with Crippen LogP contribution in [-0.4, -0.2) is 16.1 Å². The van der Waals surface area contributed by atoms with Crippen molar-refractivity contribution < 1.29 is 0 Å². The van der Waals surface area contributed by atoms with E-state index >= 15 is 0 Å². The lowest BCUT2D eigenvalue weighted by Gasteiger charge is -2.54. The molecule has 0 saturated carbocycles. The third-order valence-electron chi connectivity index (χ3n) is 15.1. The molecule has 0 saturated heterocycles. The number of fused-ring (bicyclic) bond motifs is 14. The zero-order chi connectivity index (χ0) is 43.9. The van der Waals surface area contributed by atoms with Crippen LogP contribution in [0.5, 0.6) is 0 Å². The van der Waals surface area contributed by atoms with E-state index in [9.17, 15) is 0 Å². The average Bonchev–Trinajstić information content (AvgIpc) is 3.95. The molecule has 0 amide bonds. The summed E-state index contributed by atoms with van der Waals surface area (Å²) in [4.78, 5) is 5.47. The van der Waals surface area contributed by atoms with E-state index in [0.717, 1.165) is 0 Å². The van der Waals surface area contributed by atoms with Crippen LogP contribution in [0.1, 0.15) is 95.8 Å². The second-order valence-electron chi connectivity index (χ2n) is 21.4. The summed E-state index contributed by atoms with van der Waals surface area (Å²) in [7, 11) is -4.21. The molecule has 5 heteroatoms. The second-order valence-corrected chi connectivity index (χ2v) is 32.0. The van der Waals surface area contributed by atoms with Gasteiger partial charge in [-0.05, 0) is 118 Å². The first-order valence-corrected chi connectivity index (χ1v) is 30.4. The summed E-state index contributed by atoms with van der Waals surface area (Å²) in [5.41, 5.74) is 12.9. The van der Waals surface area contributed by atoms with Gasteiger partial charge in [0.15, 0.2) is 0 Å². The summed E-state index contributed by atoms with van der Waals surface area (Å²) in [6, 6.07) is 62.3. The first-order chi connectivity index (χ1) is 30.0. The number of rotatable bonds is 3. The van der Waals surface area contributed by atoms with Crippen LogP contribution in [0.25, 0.3) is 0 Å². The molecule has 0 radical (unpaired) electrons. The molecular weight excluding hydrogens is 831 g/mol. The monoisotopic (exact) mass is 887 g/mol. The minimum atomic E-state index is -2.11. The Morgan fingerprint density at radius 2 is 0.778 bits per heavy atom. The number of benzene rings is 6. The first kappa shape index (κ1) is 40.7. The summed E-state index contributed by atoms with van der Waals surface area (Å²) in [5.74, 6) is 0. The first-order valence-electron chi connectivity index (χ1n) is 22.7. The second kappa shape index (κ2) is 13.7. The van der Waals surface area contributed by atoms with E-state index in [-0.39, 0.29) is 10.8 Å². The maximum Gasteiger partial charge on any atom is 0.113 e. The topological polar surface area (TPSA) is 3.24 Å². The SMILES string of the molecule is CC(C)(C)c1ccc(N(c2ccc(C(C)(C)C)cc2)c2cc3c(s2)C2(c4ccccc4[Si](C)(C)c4ccccc42)c2ccsc2C32c3ccccc3[Si](C)(C)c3ccccc32)cc1. The summed E-state index contributed by atoms with van der Waals surface area (Å²) in [5, 5.41) is 9.84. The molecule has 2 spiro atoms. The molecule has 1 nitrogen and oxygen atoms in total. The van der Waals surface area contributed by atoms with Gasteiger partial charge in [-0.2, -0.15) is 0 Å². The van der Waals surface area contributed by atoms with Crippen LogP contribution < -0.4 is 25.6 Å². The Balaban J connectivity index is 1.31. The molecule has 1 aliphatic carbocycles. The van der Waals surface area contributed by atoms with Crippen LogP contribution in [0.2, 0.25) is 26.2 Å². The Bertz CT molecular complexity index is 2790. The third-order valence-corrected chi connectivity index (χ3v) is 24.5. The quantitative estimate of drug-likeness (QED) is 0.160. The summed E-state index contributed by atoms with van der Waals surface area (Å²) >= 11 is 4.00. The normalized spacial score (nSPS) is 16.9. The number of nitrogens with zero attached hydrogens (tertiary/aromatic N) is 1. The molecule has 8 aromatic rings. The van der Waals surface area contributed by atoms with Crippen molar-refractivity contribution in [2.24, 2.45) is 0 Å². The molecule has 63 heavy (non-hydrogen) atoms. The van der Waals surface area contributed by atoms with Crippen LogP contribution in [0.15, 0.2) is 163 Å². The van der Waals surface area contributed by atoms with Crippen molar-refractivity contribution in [2.75, 3.05) is 4.90 Å². The van der Waals surface area contributed by atoms with E-state index < -0.39 is 27.0 Å². The fraction of sp³-hybridized carbons (Fsp3) is 0.241. The van der Waals surface area contributed by atoms with Gasteiger partial charge in [0.05, 0.1) is 10.8 Å². The van der Waals surface area contributed by atoms with Crippen molar-refractivity contribution >= 4 is 75.9 Å². The van der Waals surface area contributed by atoms with Crippen molar-refractivity contribution in [3.8, 4) is 0 Å². The lowest BCUT2D eigenvalue weighted by Crippen LogP contribution is -2.66. The Labute approximate surface area is 385 Å². The molecule has 2 aliphatic heterocycles.